The maximum absolute atomic E-state index is 11.4. The van der Waals surface area contributed by atoms with Crippen molar-refractivity contribution in [2.45, 2.75) is 6.42 Å². The molecule has 3 rings (SSSR count). The van der Waals surface area contributed by atoms with Crippen molar-refractivity contribution in [1.82, 2.24) is 4.98 Å². The molecule has 1 aromatic heterocycles. The van der Waals surface area contributed by atoms with Gasteiger partial charge in [0.25, 0.3) is 0 Å². The average molecular weight is 235 g/mol. The Kier molecular flexibility index (Phi) is 2.69. The highest BCUT2D eigenvalue weighted by atomic mass is 16.1. The minimum atomic E-state index is -0.0528. The molecule has 18 heavy (non-hydrogen) atoms. The van der Waals surface area contributed by atoms with Gasteiger partial charge in [-0.15, -0.1) is 0 Å². The first kappa shape index (κ1) is 10.8. The third-order valence-electron chi connectivity index (χ3n) is 3.08. The van der Waals surface area contributed by atoms with Gasteiger partial charge in [0.1, 0.15) is 0 Å². The molecule has 0 bridgehead atoms. The smallest absolute Gasteiger partial charge is 0.248 e. The Labute approximate surface area is 105 Å². The molecule has 1 heterocycles. The molecule has 0 saturated heterocycles. The van der Waals surface area contributed by atoms with Gasteiger partial charge in [0, 0.05) is 6.07 Å². The van der Waals surface area contributed by atoms with E-state index in [0.29, 0.717) is 0 Å². The number of aromatic amines is 1. The number of fused-ring (bicyclic) bond motifs is 1. The molecule has 0 radical (unpaired) electrons. The van der Waals surface area contributed by atoms with Gasteiger partial charge in [-0.3, -0.25) is 4.79 Å². The molecule has 1 N–H and O–H groups in total. The SMILES string of the molecule is O=c1ccc2cccc(Cc3ccccc3)c2[nH]1. The summed E-state index contributed by atoms with van der Waals surface area (Å²) in [5.74, 6) is 0. The maximum atomic E-state index is 11.4. The minimum absolute atomic E-state index is 0.0528. The van der Waals surface area contributed by atoms with Crippen LogP contribution in [0.1, 0.15) is 11.1 Å². The second-order valence-corrected chi connectivity index (χ2v) is 4.37. The molecular weight excluding hydrogens is 222 g/mol. The van der Waals surface area contributed by atoms with Crippen molar-refractivity contribution in [3.05, 3.63) is 82.1 Å². The number of hydrogen-bond donors (Lipinski definition) is 1. The molecule has 0 unspecified atom stereocenters. The zero-order chi connectivity index (χ0) is 12.4. The van der Waals surface area contributed by atoms with Crippen LogP contribution in [0.2, 0.25) is 0 Å². The molecule has 0 atom stereocenters. The van der Waals surface area contributed by atoms with Crippen LogP contribution >= 0.6 is 0 Å². The molecule has 2 nitrogen and oxygen atoms in total. The summed E-state index contributed by atoms with van der Waals surface area (Å²) in [4.78, 5) is 14.4. The van der Waals surface area contributed by atoms with E-state index in [0.717, 1.165) is 22.9 Å². The van der Waals surface area contributed by atoms with E-state index >= 15 is 0 Å². The van der Waals surface area contributed by atoms with Crippen LogP contribution in [0.15, 0.2) is 65.5 Å². The van der Waals surface area contributed by atoms with Gasteiger partial charge in [-0.2, -0.15) is 0 Å². The molecule has 0 spiro atoms. The van der Waals surface area contributed by atoms with Gasteiger partial charge in [0.2, 0.25) is 5.56 Å². The molecular formula is C16H13NO. The van der Waals surface area contributed by atoms with Crippen LogP contribution in [0.3, 0.4) is 0 Å². The first-order valence-corrected chi connectivity index (χ1v) is 5.98. The topological polar surface area (TPSA) is 32.9 Å². The van der Waals surface area contributed by atoms with Crippen molar-refractivity contribution in [3.8, 4) is 0 Å². The van der Waals surface area contributed by atoms with E-state index in [-0.39, 0.29) is 5.56 Å². The Bertz CT molecular complexity index is 729. The van der Waals surface area contributed by atoms with E-state index in [1.54, 1.807) is 6.07 Å². The van der Waals surface area contributed by atoms with E-state index < -0.39 is 0 Å². The van der Waals surface area contributed by atoms with Gasteiger partial charge in [-0.25, -0.2) is 0 Å². The van der Waals surface area contributed by atoms with Crippen molar-refractivity contribution < 1.29 is 0 Å². The van der Waals surface area contributed by atoms with E-state index in [2.05, 4.69) is 23.2 Å². The summed E-state index contributed by atoms with van der Waals surface area (Å²) in [5.41, 5.74) is 3.28. The lowest BCUT2D eigenvalue weighted by Crippen LogP contribution is -2.04. The van der Waals surface area contributed by atoms with Gasteiger partial charge >= 0.3 is 0 Å². The predicted octanol–water partition coefficient (Wildman–Crippen LogP) is 3.12. The average Bonchev–Trinajstić information content (AvgIpc) is 2.41. The largest absolute Gasteiger partial charge is 0.322 e. The Morgan fingerprint density at radius 1 is 0.833 bits per heavy atom. The van der Waals surface area contributed by atoms with Crippen LogP contribution in [0, 0.1) is 0 Å². The van der Waals surface area contributed by atoms with E-state index in [1.807, 2.05) is 36.4 Å². The maximum Gasteiger partial charge on any atom is 0.248 e. The molecule has 88 valence electrons. The molecule has 2 aromatic carbocycles. The first-order valence-electron chi connectivity index (χ1n) is 5.98. The lowest BCUT2D eigenvalue weighted by Gasteiger charge is -2.06. The van der Waals surface area contributed by atoms with Crippen LogP contribution in [0.25, 0.3) is 10.9 Å². The number of hydrogen-bond acceptors (Lipinski definition) is 1. The van der Waals surface area contributed by atoms with Crippen molar-refractivity contribution in [3.63, 3.8) is 0 Å². The lowest BCUT2D eigenvalue weighted by atomic mass is 10.0. The lowest BCUT2D eigenvalue weighted by molar-refractivity contribution is 1.18. The van der Waals surface area contributed by atoms with Crippen LogP contribution < -0.4 is 5.56 Å². The van der Waals surface area contributed by atoms with Gasteiger partial charge < -0.3 is 4.98 Å². The Morgan fingerprint density at radius 2 is 1.67 bits per heavy atom. The highest BCUT2D eigenvalue weighted by molar-refractivity contribution is 5.81. The molecule has 0 amide bonds. The monoisotopic (exact) mass is 235 g/mol. The Hall–Kier alpha value is -2.35. The van der Waals surface area contributed by atoms with Gasteiger partial charge in [0.05, 0.1) is 5.52 Å². The highest BCUT2D eigenvalue weighted by Crippen LogP contribution is 2.18. The van der Waals surface area contributed by atoms with Crippen molar-refractivity contribution in [2.75, 3.05) is 0 Å². The second-order valence-electron chi connectivity index (χ2n) is 4.37. The number of aromatic nitrogens is 1. The molecule has 2 heteroatoms. The van der Waals surface area contributed by atoms with Crippen molar-refractivity contribution in [2.24, 2.45) is 0 Å². The summed E-state index contributed by atoms with van der Waals surface area (Å²) in [6.45, 7) is 0. The third kappa shape index (κ3) is 2.05. The Balaban J connectivity index is 2.12. The number of para-hydroxylation sites is 1. The van der Waals surface area contributed by atoms with E-state index in [1.165, 1.54) is 5.56 Å². The third-order valence-corrected chi connectivity index (χ3v) is 3.08. The van der Waals surface area contributed by atoms with Crippen LogP contribution in [-0.4, -0.2) is 4.98 Å². The normalized spacial score (nSPS) is 10.7. The number of benzene rings is 2. The fourth-order valence-corrected chi connectivity index (χ4v) is 2.20. The zero-order valence-electron chi connectivity index (χ0n) is 9.89. The number of H-pyrrole nitrogens is 1. The second kappa shape index (κ2) is 4.49. The molecule has 0 aliphatic rings. The highest BCUT2D eigenvalue weighted by Gasteiger charge is 2.02. The summed E-state index contributed by atoms with van der Waals surface area (Å²) in [7, 11) is 0. The van der Waals surface area contributed by atoms with E-state index in [4.69, 9.17) is 0 Å². The molecule has 0 fully saturated rings. The van der Waals surface area contributed by atoms with Crippen LogP contribution in [-0.2, 0) is 6.42 Å². The van der Waals surface area contributed by atoms with Crippen molar-refractivity contribution >= 4 is 10.9 Å². The van der Waals surface area contributed by atoms with Crippen molar-refractivity contribution in [1.29, 1.82) is 0 Å². The van der Waals surface area contributed by atoms with Gasteiger partial charge in [0.15, 0.2) is 0 Å². The minimum Gasteiger partial charge on any atom is -0.322 e. The molecule has 0 aliphatic heterocycles. The Morgan fingerprint density at radius 3 is 2.50 bits per heavy atom. The quantitative estimate of drug-likeness (QED) is 0.727. The summed E-state index contributed by atoms with van der Waals surface area (Å²) in [6.07, 6.45) is 0.831. The number of rotatable bonds is 2. The van der Waals surface area contributed by atoms with Gasteiger partial charge in [-0.1, -0.05) is 48.5 Å². The number of pyridine rings is 1. The number of nitrogens with one attached hydrogen (secondary N) is 1. The summed E-state index contributed by atoms with van der Waals surface area (Å²) >= 11 is 0. The molecule has 0 aliphatic carbocycles. The predicted molar refractivity (Wildman–Crippen MR) is 73.8 cm³/mol. The summed E-state index contributed by atoms with van der Waals surface area (Å²) in [5, 5.41) is 1.07. The molecule has 0 saturated carbocycles. The molecule has 3 aromatic rings. The van der Waals surface area contributed by atoms with Gasteiger partial charge in [-0.05, 0) is 29.0 Å². The first-order chi connectivity index (χ1) is 8.83. The standard InChI is InChI=1S/C16H13NO/c18-15-10-9-13-7-4-8-14(16(13)17-15)11-12-5-2-1-3-6-12/h1-10H,11H2,(H,17,18). The van der Waals surface area contributed by atoms with Crippen LogP contribution in [0.5, 0.6) is 0 Å². The summed E-state index contributed by atoms with van der Waals surface area (Å²) in [6, 6.07) is 19.8. The van der Waals surface area contributed by atoms with Crippen LogP contribution in [0.4, 0.5) is 0 Å². The fourth-order valence-electron chi connectivity index (χ4n) is 2.20. The fraction of sp³-hybridized carbons (Fsp3) is 0.0625. The van der Waals surface area contributed by atoms with E-state index in [9.17, 15) is 4.79 Å². The summed E-state index contributed by atoms with van der Waals surface area (Å²) < 4.78 is 0. The zero-order valence-corrected chi connectivity index (χ0v) is 9.89.